The smallest absolute Gasteiger partial charge is 0.207 e. The maximum atomic E-state index is 9.75. The molecule has 1 N–H and O–H groups in total. The van der Waals surface area contributed by atoms with Gasteiger partial charge in [-0.05, 0) is 0 Å². The molecule has 0 aromatic carbocycles. The fraction of sp³-hybridized carbons (Fsp3) is 0.600. The van der Waals surface area contributed by atoms with Gasteiger partial charge in [-0.1, -0.05) is 5.16 Å². The van der Waals surface area contributed by atoms with Crippen molar-refractivity contribution >= 4 is 12.6 Å². The van der Waals surface area contributed by atoms with Crippen LogP contribution in [0, 0.1) is 0 Å². The number of rotatable bonds is 3. The van der Waals surface area contributed by atoms with Crippen LogP contribution in [0.1, 0.15) is 6.42 Å². The number of oxime groups is 1. The predicted molar refractivity (Wildman–Crippen MR) is 32.0 cm³/mol. The van der Waals surface area contributed by atoms with Gasteiger partial charge >= 0.3 is 0 Å². The van der Waals surface area contributed by atoms with Gasteiger partial charge in [-0.2, -0.15) is 0 Å². The number of hydrogen-bond acceptors (Lipinski definition) is 3. The van der Waals surface area contributed by atoms with E-state index in [0.717, 1.165) is 6.42 Å². The van der Waals surface area contributed by atoms with Gasteiger partial charge in [0.25, 0.3) is 0 Å². The molecule has 1 aliphatic rings. The van der Waals surface area contributed by atoms with Crippen molar-refractivity contribution in [2.24, 2.45) is 5.16 Å². The molecule has 1 aliphatic heterocycles. The molecule has 1 atom stereocenters. The van der Waals surface area contributed by atoms with Crippen LogP contribution >= 0.6 is 0 Å². The van der Waals surface area contributed by atoms with E-state index < -0.39 is 0 Å². The van der Waals surface area contributed by atoms with Crippen LogP contribution in [-0.2, 0) is 9.63 Å². The summed E-state index contributed by atoms with van der Waals surface area (Å²) in [6, 6.07) is 0. The van der Waals surface area contributed by atoms with Crippen LogP contribution in [0.5, 0.6) is 0 Å². The highest BCUT2D eigenvalue weighted by atomic mass is 16.6. The summed E-state index contributed by atoms with van der Waals surface area (Å²) in [4.78, 5) is 14.6. The maximum Gasteiger partial charge on any atom is 0.207 e. The number of carbonyl (C=O) groups is 1. The molecule has 4 nitrogen and oxygen atoms in total. The highest BCUT2D eigenvalue weighted by Gasteiger charge is 2.11. The van der Waals surface area contributed by atoms with Gasteiger partial charge in [0.15, 0.2) is 0 Å². The molecular weight excluding hydrogens is 120 g/mol. The highest BCUT2D eigenvalue weighted by molar-refractivity contribution is 5.58. The molecule has 0 aliphatic carbocycles. The summed E-state index contributed by atoms with van der Waals surface area (Å²) in [5, 5.41) is 6.04. The van der Waals surface area contributed by atoms with Crippen molar-refractivity contribution in [3.8, 4) is 0 Å². The lowest BCUT2D eigenvalue weighted by Crippen LogP contribution is -2.24. The second-order valence-electron chi connectivity index (χ2n) is 1.78. The SMILES string of the molecule is O=CNCC1CC=NO1. The lowest BCUT2D eigenvalue weighted by atomic mass is 10.3. The van der Waals surface area contributed by atoms with Crippen molar-refractivity contribution in [3.63, 3.8) is 0 Å². The molecule has 1 amide bonds. The molecule has 0 saturated carbocycles. The molecule has 1 heterocycles. The standard InChI is InChI=1S/C5H8N2O2/c8-4-6-3-5-1-2-7-9-5/h2,4-5H,1,3H2,(H,6,8). The Balaban J connectivity index is 2.07. The Bertz CT molecular complexity index is 116. The quantitative estimate of drug-likeness (QED) is 0.521. The van der Waals surface area contributed by atoms with E-state index in [1.165, 1.54) is 0 Å². The first kappa shape index (κ1) is 6.07. The third-order valence-corrected chi connectivity index (χ3v) is 1.08. The zero-order valence-corrected chi connectivity index (χ0v) is 4.91. The molecule has 1 unspecified atom stereocenters. The van der Waals surface area contributed by atoms with E-state index in [9.17, 15) is 4.79 Å². The van der Waals surface area contributed by atoms with Gasteiger partial charge in [0.05, 0.1) is 6.54 Å². The average Bonchev–Trinajstić information content (AvgIpc) is 2.34. The van der Waals surface area contributed by atoms with Crippen molar-refractivity contribution < 1.29 is 9.63 Å². The molecule has 0 aromatic rings. The fourth-order valence-electron chi connectivity index (χ4n) is 0.633. The van der Waals surface area contributed by atoms with Crippen LogP contribution in [0.4, 0.5) is 0 Å². The van der Waals surface area contributed by atoms with Gasteiger partial charge in [0.2, 0.25) is 6.41 Å². The summed E-state index contributed by atoms with van der Waals surface area (Å²) in [6.45, 7) is 0.545. The van der Waals surface area contributed by atoms with E-state index in [-0.39, 0.29) is 6.10 Å². The number of amides is 1. The van der Waals surface area contributed by atoms with Gasteiger partial charge in [-0.15, -0.1) is 0 Å². The fourth-order valence-corrected chi connectivity index (χ4v) is 0.633. The molecule has 0 fully saturated rings. The topological polar surface area (TPSA) is 50.7 Å². The van der Waals surface area contributed by atoms with Gasteiger partial charge in [0.1, 0.15) is 6.10 Å². The van der Waals surface area contributed by atoms with E-state index >= 15 is 0 Å². The Morgan fingerprint density at radius 3 is 3.44 bits per heavy atom. The predicted octanol–water partition coefficient (Wildman–Crippen LogP) is -0.493. The van der Waals surface area contributed by atoms with Crippen molar-refractivity contribution in [3.05, 3.63) is 0 Å². The van der Waals surface area contributed by atoms with Gasteiger partial charge < -0.3 is 10.2 Å². The maximum absolute atomic E-state index is 9.75. The summed E-state index contributed by atoms with van der Waals surface area (Å²) in [6.07, 6.45) is 3.19. The van der Waals surface area contributed by atoms with E-state index in [0.29, 0.717) is 13.0 Å². The first-order valence-corrected chi connectivity index (χ1v) is 2.78. The van der Waals surface area contributed by atoms with E-state index in [2.05, 4.69) is 10.5 Å². The number of carbonyl (C=O) groups excluding carboxylic acids is 1. The minimum absolute atomic E-state index is 0.0511. The van der Waals surface area contributed by atoms with Gasteiger partial charge in [-0.25, -0.2) is 0 Å². The summed E-state index contributed by atoms with van der Waals surface area (Å²) in [7, 11) is 0. The number of hydrogen-bond donors (Lipinski definition) is 1. The Morgan fingerprint density at radius 1 is 2.00 bits per heavy atom. The minimum Gasteiger partial charge on any atom is -0.391 e. The van der Waals surface area contributed by atoms with Crippen molar-refractivity contribution in [1.29, 1.82) is 0 Å². The van der Waals surface area contributed by atoms with E-state index in [1.807, 2.05) is 0 Å². The van der Waals surface area contributed by atoms with Gasteiger partial charge in [-0.3, -0.25) is 4.79 Å². The van der Waals surface area contributed by atoms with Crippen LogP contribution in [0.25, 0.3) is 0 Å². The zero-order valence-electron chi connectivity index (χ0n) is 4.91. The molecule has 1 rings (SSSR count). The van der Waals surface area contributed by atoms with Crippen LogP contribution in [0.3, 0.4) is 0 Å². The second kappa shape index (κ2) is 3.06. The van der Waals surface area contributed by atoms with Crippen LogP contribution < -0.4 is 5.32 Å². The minimum atomic E-state index is 0.0511. The first-order chi connectivity index (χ1) is 4.43. The largest absolute Gasteiger partial charge is 0.391 e. The Kier molecular flexibility index (Phi) is 2.06. The summed E-state index contributed by atoms with van der Waals surface area (Å²) < 4.78 is 0. The summed E-state index contributed by atoms with van der Waals surface area (Å²) in [5.41, 5.74) is 0. The van der Waals surface area contributed by atoms with Crippen molar-refractivity contribution in [1.82, 2.24) is 5.32 Å². The second-order valence-corrected chi connectivity index (χ2v) is 1.78. The van der Waals surface area contributed by atoms with E-state index in [1.54, 1.807) is 6.21 Å². The molecule has 0 radical (unpaired) electrons. The third-order valence-electron chi connectivity index (χ3n) is 1.08. The molecular formula is C5H8N2O2. The average molecular weight is 128 g/mol. The monoisotopic (exact) mass is 128 g/mol. The first-order valence-electron chi connectivity index (χ1n) is 2.78. The van der Waals surface area contributed by atoms with E-state index in [4.69, 9.17) is 4.84 Å². The number of nitrogens with one attached hydrogen (secondary N) is 1. The van der Waals surface area contributed by atoms with Crippen LogP contribution in [0.2, 0.25) is 0 Å². The summed E-state index contributed by atoms with van der Waals surface area (Å²) >= 11 is 0. The van der Waals surface area contributed by atoms with Crippen molar-refractivity contribution in [2.75, 3.05) is 6.54 Å². The highest BCUT2D eigenvalue weighted by Crippen LogP contribution is 2.01. The Hall–Kier alpha value is -1.06. The molecule has 9 heavy (non-hydrogen) atoms. The lowest BCUT2D eigenvalue weighted by Gasteiger charge is -2.04. The molecule has 50 valence electrons. The van der Waals surface area contributed by atoms with Crippen molar-refractivity contribution in [2.45, 2.75) is 12.5 Å². The molecule has 0 bridgehead atoms. The molecule has 0 saturated heterocycles. The zero-order chi connectivity index (χ0) is 6.53. The molecule has 0 spiro atoms. The number of nitrogens with zero attached hydrogens (tertiary/aromatic N) is 1. The van der Waals surface area contributed by atoms with Gasteiger partial charge in [0, 0.05) is 12.6 Å². The normalized spacial score (nSPS) is 23.3. The lowest BCUT2D eigenvalue weighted by molar-refractivity contribution is -0.110. The van der Waals surface area contributed by atoms with Crippen LogP contribution in [-0.4, -0.2) is 25.3 Å². The summed E-state index contributed by atoms with van der Waals surface area (Å²) in [5.74, 6) is 0. The Morgan fingerprint density at radius 2 is 2.89 bits per heavy atom. The Labute approximate surface area is 52.9 Å². The molecule has 0 aromatic heterocycles. The molecule has 4 heteroatoms. The third kappa shape index (κ3) is 1.71. The van der Waals surface area contributed by atoms with Crippen LogP contribution in [0.15, 0.2) is 5.16 Å².